The van der Waals surface area contributed by atoms with Gasteiger partial charge in [-0.25, -0.2) is 14.6 Å². The number of anilines is 1. The molecule has 0 aliphatic carbocycles. The van der Waals surface area contributed by atoms with Gasteiger partial charge in [0.1, 0.15) is 5.52 Å². The van der Waals surface area contributed by atoms with E-state index in [1.165, 1.54) is 6.20 Å². The number of carbonyl (C=O) groups excluding carboxylic acids is 2. The van der Waals surface area contributed by atoms with Crippen molar-refractivity contribution in [3.8, 4) is 0 Å². The number of fused-ring (bicyclic) bond motifs is 1. The van der Waals surface area contributed by atoms with Gasteiger partial charge < -0.3 is 19.2 Å². The number of esters is 2. The van der Waals surface area contributed by atoms with E-state index in [9.17, 15) is 9.59 Å². The Morgan fingerprint density at radius 2 is 1.87 bits per heavy atom. The molecule has 0 amide bonds. The number of benzene rings is 1. The van der Waals surface area contributed by atoms with Gasteiger partial charge in [0.25, 0.3) is 0 Å². The molecule has 0 saturated heterocycles. The Hall–Kier alpha value is -2.83. The molecular weight excluding hydrogens is 300 g/mol. The molecule has 0 spiro atoms. The summed E-state index contributed by atoms with van der Waals surface area (Å²) in [5.41, 5.74) is 1.78. The first-order valence-corrected chi connectivity index (χ1v) is 7.23. The van der Waals surface area contributed by atoms with Crippen molar-refractivity contribution in [2.24, 2.45) is 0 Å². The van der Waals surface area contributed by atoms with Crippen LogP contribution in [0.3, 0.4) is 0 Å². The Morgan fingerprint density at radius 1 is 1.22 bits per heavy atom. The van der Waals surface area contributed by atoms with Crippen molar-refractivity contribution >= 4 is 28.7 Å². The van der Waals surface area contributed by atoms with Crippen molar-refractivity contribution in [3.05, 3.63) is 35.9 Å². The number of nitrogens with one attached hydrogen (secondary N) is 1. The summed E-state index contributed by atoms with van der Waals surface area (Å²) in [5.74, 6) is -0.917. The van der Waals surface area contributed by atoms with Crippen molar-refractivity contribution in [2.45, 2.75) is 20.8 Å². The molecule has 1 heterocycles. The van der Waals surface area contributed by atoms with Gasteiger partial charge in [0.05, 0.1) is 13.2 Å². The maximum absolute atomic E-state index is 11.8. The molecule has 7 nitrogen and oxygen atoms in total. The fourth-order valence-electron chi connectivity index (χ4n) is 1.91. The molecule has 0 aliphatic rings. The van der Waals surface area contributed by atoms with E-state index in [0.717, 1.165) is 0 Å². The summed E-state index contributed by atoms with van der Waals surface area (Å²) in [6, 6.07) is 5.24. The first-order chi connectivity index (χ1) is 11.0. The lowest BCUT2D eigenvalue weighted by molar-refractivity contribution is -0.146. The van der Waals surface area contributed by atoms with Crippen LogP contribution in [0.1, 0.15) is 19.7 Å². The lowest BCUT2D eigenvalue weighted by atomic mass is 10.2. The van der Waals surface area contributed by atoms with Crippen molar-refractivity contribution in [1.82, 2.24) is 4.98 Å². The molecule has 0 aliphatic heterocycles. The zero-order valence-corrected chi connectivity index (χ0v) is 13.2. The first-order valence-electron chi connectivity index (χ1n) is 7.23. The molecule has 0 saturated carbocycles. The van der Waals surface area contributed by atoms with Crippen molar-refractivity contribution in [2.75, 3.05) is 18.5 Å². The zero-order valence-electron chi connectivity index (χ0n) is 13.2. The smallest absolute Gasteiger partial charge is 0.347 e. The van der Waals surface area contributed by atoms with E-state index in [0.29, 0.717) is 22.7 Å². The van der Waals surface area contributed by atoms with Crippen LogP contribution in [0.25, 0.3) is 11.1 Å². The Kier molecular flexibility index (Phi) is 5.35. The molecule has 7 heteroatoms. The third-order valence-corrected chi connectivity index (χ3v) is 2.87. The molecule has 23 heavy (non-hydrogen) atoms. The van der Waals surface area contributed by atoms with E-state index in [1.807, 2.05) is 0 Å². The summed E-state index contributed by atoms with van der Waals surface area (Å²) in [4.78, 5) is 27.9. The molecule has 0 fully saturated rings. The van der Waals surface area contributed by atoms with Gasteiger partial charge in [0.15, 0.2) is 17.0 Å². The average molecular weight is 318 g/mol. The van der Waals surface area contributed by atoms with E-state index in [2.05, 4.69) is 10.3 Å². The topological polar surface area (TPSA) is 90.7 Å². The van der Waals surface area contributed by atoms with Gasteiger partial charge in [0.2, 0.25) is 0 Å². The SMILES string of the molecule is CCOC(=O)C(=CNc1ccc2oc(C)nc2c1)C(=O)OCC. The van der Waals surface area contributed by atoms with Gasteiger partial charge >= 0.3 is 11.9 Å². The average Bonchev–Trinajstić information content (AvgIpc) is 2.87. The molecule has 1 aromatic carbocycles. The number of hydrogen-bond acceptors (Lipinski definition) is 7. The lowest BCUT2D eigenvalue weighted by Gasteiger charge is -2.07. The number of ether oxygens (including phenoxy) is 2. The van der Waals surface area contributed by atoms with Crippen LogP contribution in [0, 0.1) is 6.92 Å². The van der Waals surface area contributed by atoms with Crippen molar-refractivity contribution in [3.63, 3.8) is 0 Å². The Bertz CT molecular complexity index is 728. The zero-order chi connectivity index (χ0) is 16.8. The molecule has 0 unspecified atom stereocenters. The largest absolute Gasteiger partial charge is 0.462 e. The number of carbonyl (C=O) groups is 2. The van der Waals surface area contributed by atoms with Crippen LogP contribution in [0.15, 0.2) is 34.4 Å². The summed E-state index contributed by atoms with van der Waals surface area (Å²) in [7, 11) is 0. The van der Waals surface area contributed by atoms with Crippen LogP contribution in [-0.4, -0.2) is 30.1 Å². The standard InChI is InChI=1S/C16H18N2O5/c1-4-21-15(19)12(16(20)22-5-2)9-17-11-6-7-14-13(8-11)18-10(3)23-14/h6-9,17H,4-5H2,1-3H3. The van der Waals surface area contributed by atoms with E-state index < -0.39 is 11.9 Å². The van der Waals surface area contributed by atoms with Gasteiger partial charge in [-0.1, -0.05) is 0 Å². The predicted octanol–water partition coefficient (Wildman–Crippen LogP) is 2.56. The number of oxazole rings is 1. The second-order valence-corrected chi connectivity index (χ2v) is 4.56. The van der Waals surface area contributed by atoms with Gasteiger partial charge in [-0.15, -0.1) is 0 Å². The van der Waals surface area contributed by atoms with E-state index in [-0.39, 0.29) is 18.8 Å². The Balaban J connectivity index is 2.22. The molecule has 1 N–H and O–H groups in total. The van der Waals surface area contributed by atoms with Crippen LogP contribution >= 0.6 is 0 Å². The second-order valence-electron chi connectivity index (χ2n) is 4.56. The van der Waals surface area contributed by atoms with Crippen LogP contribution in [0.2, 0.25) is 0 Å². The van der Waals surface area contributed by atoms with Crippen LogP contribution in [0.4, 0.5) is 5.69 Å². The summed E-state index contributed by atoms with van der Waals surface area (Å²) >= 11 is 0. The van der Waals surface area contributed by atoms with Gasteiger partial charge in [-0.05, 0) is 32.0 Å². The number of nitrogens with zero attached hydrogens (tertiary/aromatic N) is 1. The monoisotopic (exact) mass is 318 g/mol. The van der Waals surface area contributed by atoms with Crippen molar-refractivity contribution < 1.29 is 23.5 Å². The predicted molar refractivity (Wildman–Crippen MR) is 83.7 cm³/mol. The van der Waals surface area contributed by atoms with Crippen molar-refractivity contribution in [1.29, 1.82) is 0 Å². The quantitative estimate of drug-likeness (QED) is 0.379. The third-order valence-electron chi connectivity index (χ3n) is 2.87. The Morgan fingerprint density at radius 3 is 2.48 bits per heavy atom. The van der Waals surface area contributed by atoms with E-state index in [4.69, 9.17) is 13.9 Å². The fourth-order valence-corrected chi connectivity index (χ4v) is 1.91. The molecule has 2 rings (SSSR count). The van der Waals surface area contributed by atoms with Crippen LogP contribution in [-0.2, 0) is 19.1 Å². The summed E-state index contributed by atoms with van der Waals surface area (Å²) in [5, 5.41) is 2.88. The molecule has 0 bridgehead atoms. The summed E-state index contributed by atoms with van der Waals surface area (Å²) in [6.07, 6.45) is 1.27. The second kappa shape index (κ2) is 7.44. The maximum Gasteiger partial charge on any atom is 0.347 e. The first kappa shape index (κ1) is 16.5. The highest BCUT2D eigenvalue weighted by atomic mass is 16.6. The van der Waals surface area contributed by atoms with E-state index in [1.54, 1.807) is 39.0 Å². The lowest BCUT2D eigenvalue weighted by Crippen LogP contribution is -2.19. The minimum Gasteiger partial charge on any atom is -0.462 e. The molecule has 0 atom stereocenters. The molecule has 1 aromatic heterocycles. The minimum atomic E-state index is -0.739. The number of aryl methyl sites for hydroxylation is 1. The number of aromatic nitrogens is 1. The van der Waals surface area contributed by atoms with Gasteiger partial charge in [-0.2, -0.15) is 0 Å². The number of hydrogen-bond donors (Lipinski definition) is 1. The normalized spacial score (nSPS) is 10.2. The number of rotatable bonds is 6. The molecule has 2 aromatic rings. The fraction of sp³-hybridized carbons (Fsp3) is 0.312. The molecule has 122 valence electrons. The van der Waals surface area contributed by atoms with Gasteiger partial charge in [-0.3, -0.25) is 0 Å². The summed E-state index contributed by atoms with van der Waals surface area (Å²) < 4.78 is 15.1. The highest BCUT2D eigenvalue weighted by molar-refractivity contribution is 6.14. The highest BCUT2D eigenvalue weighted by Gasteiger charge is 2.20. The Labute approximate surface area is 133 Å². The highest BCUT2D eigenvalue weighted by Crippen LogP contribution is 2.20. The third kappa shape index (κ3) is 4.09. The maximum atomic E-state index is 11.8. The molecular formula is C16H18N2O5. The minimum absolute atomic E-state index is 0.166. The molecule has 0 radical (unpaired) electrons. The van der Waals surface area contributed by atoms with E-state index >= 15 is 0 Å². The van der Waals surface area contributed by atoms with Crippen LogP contribution in [0.5, 0.6) is 0 Å². The summed E-state index contributed by atoms with van der Waals surface area (Å²) in [6.45, 7) is 5.41. The van der Waals surface area contributed by atoms with Gasteiger partial charge in [0, 0.05) is 18.8 Å². The van der Waals surface area contributed by atoms with Crippen LogP contribution < -0.4 is 5.32 Å².